The van der Waals surface area contributed by atoms with E-state index in [0.717, 1.165) is 11.8 Å². The average molecular weight is 305 g/mol. The van der Waals surface area contributed by atoms with Crippen molar-refractivity contribution in [2.24, 2.45) is 17.8 Å². The summed E-state index contributed by atoms with van der Waals surface area (Å²) < 4.78 is 1.35. The normalized spacial score (nSPS) is 27.8. The Morgan fingerprint density at radius 1 is 1.41 bits per heavy atom. The number of hydrogen-bond donors (Lipinski definition) is 2. The number of carbonyl (C=O) groups excluding carboxylic acids is 1. The molecule has 2 fully saturated rings. The summed E-state index contributed by atoms with van der Waals surface area (Å²) in [6.45, 7) is 2.38. The number of aryl methyl sites for hydroxylation is 1. The van der Waals surface area contributed by atoms with E-state index >= 15 is 0 Å². The van der Waals surface area contributed by atoms with Crippen LogP contribution in [0, 0.1) is 17.8 Å². The Labute approximate surface area is 128 Å². The third-order valence-electron chi connectivity index (χ3n) is 5.30. The van der Waals surface area contributed by atoms with Gasteiger partial charge in [-0.2, -0.15) is 0 Å². The average Bonchev–Trinajstić information content (AvgIpc) is 3.09. The van der Waals surface area contributed by atoms with E-state index in [9.17, 15) is 14.4 Å². The van der Waals surface area contributed by atoms with Crippen molar-refractivity contribution in [3.8, 4) is 0 Å². The summed E-state index contributed by atoms with van der Waals surface area (Å²) in [5.41, 5.74) is -0.892. The van der Waals surface area contributed by atoms with Crippen molar-refractivity contribution in [2.45, 2.75) is 51.6 Å². The molecule has 0 saturated heterocycles. The molecular formula is C16H23N3O3. The molecule has 120 valence electrons. The standard InChI is InChI=1S/C16H23N3O3/c1-10(13-9-11-2-3-12(13)8-11)17-14(20)4-6-19-7-5-15(21)18-16(19)22/h5,7,10-13H,2-4,6,8-9H2,1H3,(H,17,20)(H,18,21,22)/t10-,11-,12-,13-/m1/s1. The van der Waals surface area contributed by atoms with E-state index in [4.69, 9.17) is 0 Å². The van der Waals surface area contributed by atoms with Crippen molar-refractivity contribution in [1.82, 2.24) is 14.9 Å². The van der Waals surface area contributed by atoms with Gasteiger partial charge in [-0.25, -0.2) is 4.79 Å². The van der Waals surface area contributed by atoms with Crippen molar-refractivity contribution in [3.63, 3.8) is 0 Å². The lowest BCUT2D eigenvalue weighted by atomic mass is 9.84. The van der Waals surface area contributed by atoms with Crippen molar-refractivity contribution < 1.29 is 4.79 Å². The molecule has 2 saturated carbocycles. The lowest BCUT2D eigenvalue weighted by Crippen LogP contribution is -2.40. The zero-order chi connectivity index (χ0) is 15.7. The quantitative estimate of drug-likeness (QED) is 0.846. The highest BCUT2D eigenvalue weighted by Gasteiger charge is 2.42. The summed E-state index contributed by atoms with van der Waals surface area (Å²) in [6.07, 6.45) is 6.91. The number of fused-ring (bicyclic) bond motifs is 2. The Kier molecular flexibility index (Phi) is 4.18. The largest absolute Gasteiger partial charge is 0.353 e. The van der Waals surface area contributed by atoms with Crippen LogP contribution in [0.15, 0.2) is 21.9 Å². The lowest BCUT2D eigenvalue weighted by molar-refractivity contribution is -0.122. The van der Waals surface area contributed by atoms with Gasteiger partial charge in [-0.15, -0.1) is 0 Å². The predicted octanol–water partition coefficient (Wildman–Crippen LogP) is 0.868. The summed E-state index contributed by atoms with van der Waals surface area (Å²) in [4.78, 5) is 36.8. The molecule has 6 nitrogen and oxygen atoms in total. The first-order chi connectivity index (χ1) is 10.5. The van der Waals surface area contributed by atoms with Gasteiger partial charge in [0, 0.05) is 31.3 Å². The lowest BCUT2D eigenvalue weighted by Gasteiger charge is -2.28. The van der Waals surface area contributed by atoms with Gasteiger partial charge in [-0.1, -0.05) is 6.42 Å². The molecule has 0 spiro atoms. The van der Waals surface area contributed by atoms with Crippen LogP contribution in [0.4, 0.5) is 0 Å². The molecule has 1 amide bonds. The number of nitrogens with zero attached hydrogens (tertiary/aromatic N) is 1. The van der Waals surface area contributed by atoms with Crippen molar-refractivity contribution in [3.05, 3.63) is 33.1 Å². The smallest absolute Gasteiger partial charge is 0.328 e. The van der Waals surface area contributed by atoms with E-state index in [1.807, 2.05) is 0 Å². The van der Waals surface area contributed by atoms with Crippen LogP contribution in [0.25, 0.3) is 0 Å². The molecule has 1 aromatic heterocycles. The molecule has 4 atom stereocenters. The minimum absolute atomic E-state index is 0.0339. The second kappa shape index (κ2) is 6.10. The van der Waals surface area contributed by atoms with E-state index in [1.54, 1.807) is 0 Å². The third-order valence-corrected chi connectivity index (χ3v) is 5.30. The number of aromatic amines is 1. The van der Waals surface area contributed by atoms with Gasteiger partial charge in [-0.3, -0.25) is 14.6 Å². The van der Waals surface area contributed by atoms with E-state index < -0.39 is 11.2 Å². The molecule has 0 radical (unpaired) electrons. The van der Waals surface area contributed by atoms with E-state index in [1.165, 1.54) is 42.5 Å². The molecule has 2 N–H and O–H groups in total. The Hall–Kier alpha value is -1.85. The summed E-state index contributed by atoms with van der Waals surface area (Å²) >= 11 is 0. The molecule has 1 aromatic rings. The molecule has 3 rings (SSSR count). The van der Waals surface area contributed by atoms with Crippen LogP contribution < -0.4 is 16.6 Å². The molecule has 2 aliphatic rings. The zero-order valence-corrected chi connectivity index (χ0v) is 12.9. The molecular weight excluding hydrogens is 282 g/mol. The fourth-order valence-electron chi connectivity index (χ4n) is 4.18. The Morgan fingerprint density at radius 3 is 2.86 bits per heavy atom. The first kappa shape index (κ1) is 15.1. The molecule has 0 aromatic carbocycles. The maximum atomic E-state index is 12.1. The SMILES string of the molecule is C[C@@H](NC(=O)CCn1ccc(=O)[nH]c1=O)[C@H]1C[C@@H]2CC[C@@H]1C2. The first-order valence-corrected chi connectivity index (χ1v) is 8.12. The maximum absolute atomic E-state index is 12.1. The highest BCUT2D eigenvalue weighted by atomic mass is 16.2. The van der Waals surface area contributed by atoms with Crippen LogP contribution in [0.3, 0.4) is 0 Å². The number of rotatable bonds is 5. The minimum Gasteiger partial charge on any atom is -0.353 e. The fraction of sp³-hybridized carbons (Fsp3) is 0.688. The Morgan fingerprint density at radius 2 is 2.23 bits per heavy atom. The Bertz CT molecular complexity index is 663. The van der Waals surface area contributed by atoms with Crippen LogP contribution in [-0.2, 0) is 11.3 Å². The Balaban J connectivity index is 1.50. The van der Waals surface area contributed by atoms with E-state index in [0.29, 0.717) is 5.92 Å². The van der Waals surface area contributed by atoms with Crippen molar-refractivity contribution in [1.29, 1.82) is 0 Å². The van der Waals surface area contributed by atoms with Gasteiger partial charge in [0.1, 0.15) is 0 Å². The van der Waals surface area contributed by atoms with Crippen LogP contribution in [0.2, 0.25) is 0 Å². The van der Waals surface area contributed by atoms with Gasteiger partial charge in [0.05, 0.1) is 0 Å². The molecule has 22 heavy (non-hydrogen) atoms. The highest BCUT2D eigenvalue weighted by molar-refractivity contribution is 5.76. The predicted molar refractivity (Wildman–Crippen MR) is 82.5 cm³/mol. The maximum Gasteiger partial charge on any atom is 0.328 e. The van der Waals surface area contributed by atoms with E-state index in [2.05, 4.69) is 17.2 Å². The monoisotopic (exact) mass is 305 g/mol. The summed E-state index contributed by atoms with van der Waals surface area (Å²) in [5, 5.41) is 3.08. The van der Waals surface area contributed by atoms with E-state index in [-0.39, 0.29) is 24.9 Å². The van der Waals surface area contributed by atoms with Crippen molar-refractivity contribution >= 4 is 5.91 Å². The second-order valence-corrected chi connectivity index (χ2v) is 6.75. The van der Waals surface area contributed by atoms with Gasteiger partial charge in [0.2, 0.25) is 5.91 Å². The minimum atomic E-state index is -0.471. The molecule has 1 heterocycles. The number of nitrogens with one attached hydrogen (secondary N) is 2. The number of aromatic nitrogens is 2. The molecule has 0 unspecified atom stereocenters. The van der Waals surface area contributed by atoms with Gasteiger partial charge in [-0.05, 0) is 43.9 Å². The van der Waals surface area contributed by atoms with Crippen LogP contribution in [0.1, 0.15) is 39.0 Å². The number of H-pyrrole nitrogens is 1. The first-order valence-electron chi connectivity index (χ1n) is 8.12. The topological polar surface area (TPSA) is 84.0 Å². The van der Waals surface area contributed by atoms with Gasteiger partial charge in [0.15, 0.2) is 0 Å². The fourth-order valence-corrected chi connectivity index (χ4v) is 4.18. The van der Waals surface area contributed by atoms with Gasteiger partial charge in [0.25, 0.3) is 5.56 Å². The van der Waals surface area contributed by atoms with Crippen molar-refractivity contribution in [2.75, 3.05) is 0 Å². The number of hydrogen-bond acceptors (Lipinski definition) is 3. The summed E-state index contributed by atoms with van der Waals surface area (Å²) in [5.74, 6) is 2.23. The van der Waals surface area contributed by atoms with Crippen LogP contribution >= 0.6 is 0 Å². The van der Waals surface area contributed by atoms with Crippen LogP contribution in [0.5, 0.6) is 0 Å². The zero-order valence-electron chi connectivity index (χ0n) is 12.9. The second-order valence-electron chi connectivity index (χ2n) is 6.75. The number of amides is 1. The summed E-state index contributed by atoms with van der Waals surface area (Å²) in [7, 11) is 0. The van der Waals surface area contributed by atoms with Gasteiger partial charge >= 0.3 is 5.69 Å². The molecule has 6 heteroatoms. The molecule has 2 bridgehead atoms. The third kappa shape index (κ3) is 3.15. The number of carbonyl (C=O) groups is 1. The van der Waals surface area contributed by atoms with Gasteiger partial charge < -0.3 is 9.88 Å². The molecule has 0 aliphatic heterocycles. The summed E-state index contributed by atoms with van der Waals surface area (Å²) in [6, 6.07) is 1.49. The highest BCUT2D eigenvalue weighted by Crippen LogP contribution is 2.49. The van der Waals surface area contributed by atoms with Crippen LogP contribution in [-0.4, -0.2) is 21.5 Å². The molecule has 2 aliphatic carbocycles.